The number of fused-ring (bicyclic) bond motifs is 1. The highest BCUT2D eigenvalue weighted by Gasteiger charge is 2.24. The molecule has 28 heavy (non-hydrogen) atoms. The molecular weight excluding hydrogens is 372 g/mol. The van der Waals surface area contributed by atoms with Crippen molar-refractivity contribution in [1.82, 2.24) is 19.9 Å². The molecular formula is C20H26N6OS. The summed E-state index contributed by atoms with van der Waals surface area (Å²) in [6.45, 7) is 5.49. The number of likely N-dealkylation sites (tertiary alicyclic amines) is 1. The smallest absolute Gasteiger partial charge is 0.232 e. The zero-order chi connectivity index (χ0) is 19.5. The maximum atomic E-state index is 12.5. The lowest BCUT2D eigenvalue weighted by molar-refractivity contribution is -0.129. The number of anilines is 1. The van der Waals surface area contributed by atoms with Gasteiger partial charge in [0, 0.05) is 26.2 Å². The van der Waals surface area contributed by atoms with Gasteiger partial charge in [-0.2, -0.15) is 5.26 Å². The number of nitriles is 1. The van der Waals surface area contributed by atoms with Gasteiger partial charge >= 0.3 is 0 Å². The number of aromatic nitrogens is 3. The van der Waals surface area contributed by atoms with Crippen molar-refractivity contribution in [2.75, 3.05) is 36.8 Å². The first-order valence-electron chi connectivity index (χ1n) is 10.1. The van der Waals surface area contributed by atoms with Crippen LogP contribution in [0.4, 0.5) is 5.82 Å². The van der Waals surface area contributed by atoms with E-state index in [0.29, 0.717) is 22.8 Å². The van der Waals surface area contributed by atoms with E-state index in [1.54, 1.807) is 0 Å². The topological polar surface area (TPSA) is 88.9 Å². The van der Waals surface area contributed by atoms with Crippen LogP contribution in [0.5, 0.6) is 0 Å². The maximum absolute atomic E-state index is 12.5. The molecule has 2 saturated heterocycles. The summed E-state index contributed by atoms with van der Waals surface area (Å²) in [5.41, 5.74) is 1.25. The average Bonchev–Trinajstić information content (AvgIpc) is 3.09. The fraction of sp³-hybridized carbons (Fsp3) is 0.600. The predicted molar refractivity (Wildman–Crippen MR) is 111 cm³/mol. The standard InChI is InChI=1S/C20H26N6OS/c1-14-22-18-17(19(23-14)26-10-6-3-7-11-26)15(12-21)20(24-18)28-13-16(27)25-8-4-2-5-9-25/h2-11,13H2,1H3,(H,22,23,24). The van der Waals surface area contributed by atoms with Gasteiger partial charge in [-0.25, -0.2) is 9.97 Å². The molecule has 0 bridgehead atoms. The number of hydrogen-bond donors (Lipinski definition) is 1. The molecule has 0 aromatic carbocycles. The number of aryl methyl sites for hydroxylation is 1. The van der Waals surface area contributed by atoms with E-state index in [9.17, 15) is 10.1 Å². The zero-order valence-corrected chi connectivity index (χ0v) is 17.1. The van der Waals surface area contributed by atoms with Crippen molar-refractivity contribution in [3.63, 3.8) is 0 Å². The lowest BCUT2D eigenvalue weighted by atomic mass is 10.1. The van der Waals surface area contributed by atoms with Crippen LogP contribution in [0.2, 0.25) is 0 Å². The van der Waals surface area contributed by atoms with Crippen molar-refractivity contribution in [2.24, 2.45) is 0 Å². The van der Waals surface area contributed by atoms with E-state index in [1.807, 2.05) is 11.8 Å². The van der Waals surface area contributed by atoms with Gasteiger partial charge in [0.05, 0.1) is 21.7 Å². The van der Waals surface area contributed by atoms with E-state index in [-0.39, 0.29) is 5.91 Å². The van der Waals surface area contributed by atoms with Crippen molar-refractivity contribution >= 4 is 34.5 Å². The van der Waals surface area contributed by atoms with Crippen LogP contribution < -0.4 is 4.90 Å². The molecule has 2 aliphatic rings. The number of thioether (sulfide) groups is 1. The Labute approximate surface area is 169 Å². The SMILES string of the molecule is Cc1nc(N2CCCCC2)c2c(C#N)c(SCC(=O)N3CCCCC3)[nH]c2n1. The number of piperidine rings is 2. The molecule has 0 saturated carbocycles. The van der Waals surface area contributed by atoms with E-state index < -0.39 is 0 Å². The Hall–Kier alpha value is -2.27. The molecule has 0 spiro atoms. The van der Waals surface area contributed by atoms with E-state index in [0.717, 1.165) is 68.1 Å². The molecule has 0 aliphatic carbocycles. The van der Waals surface area contributed by atoms with Crippen molar-refractivity contribution in [3.05, 3.63) is 11.4 Å². The number of carbonyl (C=O) groups excluding carboxylic acids is 1. The summed E-state index contributed by atoms with van der Waals surface area (Å²) in [5.74, 6) is 2.03. The van der Waals surface area contributed by atoms with Crippen LogP contribution in [0, 0.1) is 18.3 Å². The van der Waals surface area contributed by atoms with E-state index >= 15 is 0 Å². The van der Waals surface area contributed by atoms with Crippen LogP contribution in [-0.2, 0) is 4.79 Å². The molecule has 0 unspecified atom stereocenters. The molecule has 2 fully saturated rings. The first-order chi connectivity index (χ1) is 13.7. The summed E-state index contributed by atoms with van der Waals surface area (Å²) < 4.78 is 0. The van der Waals surface area contributed by atoms with Crippen molar-refractivity contribution in [3.8, 4) is 6.07 Å². The number of rotatable bonds is 4. The summed E-state index contributed by atoms with van der Waals surface area (Å²) in [6.07, 6.45) is 6.89. The van der Waals surface area contributed by atoms with Gasteiger partial charge in [-0.05, 0) is 45.4 Å². The lowest BCUT2D eigenvalue weighted by Gasteiger charge is -2.28. The summed E-state index contributed by atoms with van der Waals surface area (Å²) in [4.78, 5) is 29.2. The second-order valence-electron chi connectivity index (χ2n) is 7.54. The molecule has 2 aromatic rings. The summed E-state index contributed by atoms with van der Waals surface area (Å²) >= 11 is 1.40. The highest BCUT2D eigenvalue weighted by molar-refractivity contribution is 8.00. The average molecular weight is 399 g/mol. The molecule has 1 N–H and O–H groups in total. The first-order valence-corrected chi connectivity index (χ1v) is 11.1. The molecule has 2 aliphatic heterocycles. The fourth-order valence-electron chi connectivity index (χ4n) is 4.08. The number of H-pyrrole nitrogens is 1. The van der Waals surface area contributed by atoms with Gasteiger partial charge in [-0.1, -0.05) is 11.8 Å². The van der Waals surface area contributed by atoms with Crippen molar-refractivity contribution in [1.29, 1.82) is 5.26 Å². The minimum atomic E-state index is 0.144. The second kappa shape index (κ2) is 8.39. The third-order valence-corrected chi connectivity index (χ3v) is 6.51. The predicted octanol–water partition coefficient (Wildman–Crippen LogP) is 3.23. The summed E-state index contributed by atoms with van der Waals surface area (Å²) in [6, 6.07) is 2.34. The van der Waals surface area contributed by atoms with Crippen molar-refractivity contribution in [2.45, 2.75) is 50.5 Å². The Morgan fingerprint density at radius 3 is 2.46 bits per heavy atom. The van der Waals surface area contributed by atoms with Gasteiger partial charge in [0.15, 0.2) is 0 Å². The second-order valence-corrected chi connectivity index (χ2v) is 8.52. The molecule has 7 nitrogen and oxygen atoms in total. The normalized spacial score (nSPS) is 17.7. The van der Waals surface area contributed by atoms with Crippen LogP contribution >= 0.6 is 11.8 Å². The fourth-order valence-corrected chi connectivity index (χ4v) is 4.99. The first kappa shape index (κ1) is 19.1. The molecule has 148 valence electrons. The van der Waals surface area contributed by atoms with Gasteiger partial charge in [-0.15, -0.1) is 0 Å². The summed E-state index contributed by atoms with van der Waals surface area (Å²) in [7, 11) is 0. The number of aromatic amines is 1. The maximum Gasteiger partial charge on any atom is 0.232 e. The number of nitrogens with one attached hydrogen (secondary N) is 1. The Morgan fingerprint density at radius 1 is 1.11 bits per heavy atom. The molecule has 0 radical (unpaired) electrons. The van der Waals surface area contributed by atoms with Crippen LogP contribution in [-0.4, -0.2) is 57.7 Å². The third kappa shape index (κ3) is 3.81. The van der Waals surface area contributed by atoms with E-state index in [1.165, 1.54) is 24.6 Å². The molecule has 4 heterocycles. The van der Waals surface area contributed by atoms with Crippen LogP contribution in [0.1, 0.15) is 49.9 Å². The molecule has 4 rings (SSSR count). The van der Waals surface area contributed by atoms with Gasteiger partial charge in [0.2, 0.25) is 5.91 Å². The largest absolute Gasteiger partial charge is 0.356 e. The van der Waals surface area contributed by atoms with Gasteiger partial charge in [0.25, 0.3) is 0 Å². The van der Waals surface area contributed by atoms with E-state index in [2.05, 4.69) is 25.9 Å². The quantitative estimate of drug-likeness (QED) is 0.796. The Morgan fingerprint density at radius 2 is 1.79 bits per heavy atom. The van der Waals surface area contributed by atoms with Crippen LogP contribution in [0.15, 0.2) is 5.03 Å². The highest BCUT2D eigenvalue weighted by atomic mass is 32.2. The zero-order valence-electron chi connectivity index (χ0n) is 16.3. The minimum Gasteiger partial charge on any atom is -0.356 e. The minimum absolute atomic E-state index is 0.144. The van der Waals surface area contributed by atoms with Crippen molar-refractivity contribution < 1.29 is 4.79 Å². The van der Waals surface area contributed by atoms with E-state index in [4.69, 9.17) is 0 Å². The third-order valence-electron chi connectivity index (χ3n) is 5.53. The molecule has 0 atom stereocenters. The molecule has 2 aromatic heterocycles. The molecule has 8 heteroatoms. The Kier molecular flexibility index (Phi) is 5.72. The van der Waals surface area contributed by atoms with Crippen LogP contribution in [0.3, 0.4) is 0 Å². The monoisotopic (exact) mass is 398 g/mol. The van der Waals surface area contributed by atoms with Gasteiger partial charge in [0.1, 0.15) is 23.4 Å². The number of hydrogen-bond acceptors (Lipinski definition) is 6. The van der Waals surface area contributed by atoms with Gasteiger partial charge < -0.3 is 14.8 Å². The lowest BCUT2D eigenvalue weighted by Crippen LogP contribution is -2.36. The highest BCUT2D eigenvalue weighted by Crippen LogP contribution is 2.35. The number of nitrogens with zero attached hydrogens (tertiary/aromatic N) is 5. The molecule has 1 amide bonds. The Bertz CT molecular complexity index is 906. The van der Waals surface area contributed by atoms with Gasteiger partial charge in [-0.3, -0.25) is 4.79 Å². The number of amides is 1. The summed E-state index contributed by atoms with van der Waals surface area (Å²) in [5, 5.41) is 11.4. The van der Waals surface area contributed by atoms with Crippen LogP contribution in [0.25, 0.3) is 11.0 Å². The Balaban J connectivity index is 1.62. The number of carbonyl (C=O) groups is 1.